The largest absolute Gasteiger partial charge is 0.398 e. The second-order valence-corrected chi connectivity index (χ2v) is 6.69. The van der Waals surface area contributed by atoms with E-state index in [0.29, 0.717) is 16.4 Å². The zero-order valence-corrected chi connectivity index (χ0v) is 12.9. The number of benzene rings is 2. The number of rotatable bonds is 3. The molecular formula is C15H12ClN3O2S. The number of nitrogens with zero attached hydrogens (tertiary/aromatic N) is 1. The van der Waals surface area contributed by atoms with E-state index in [1.165, 1.54) is 12.1 Å². The van der Waals surface area contributed by atoms with Gasteiger partial charge in [0.2, 0.25) is 0 Å². The van der Waals surface area contributed by atoms with Crippen LogP contribution in [0, 0.1) is 0 Å². The fourth-order valence-electron chi connectivity index (χ4n) is 2.13. The van der Waals surface area contributed by atoms with Gasteiger partial charge in [-0.15, -0.1) is 0 Å². The molecule has 0 saturated heterocycles. The number of hydrogen-bond acceptors (Lipinski definition) is 4. The summed E-state index contributed by atoms with van der Waals surface area (Å²) in [5.74, 6) is 0. The van der Waals surface area contributed by atoms with Crippen LogP contribution in [0.4, 0.5) is 11.4 Å². The van der Waals surface area contributed by atoms with Crippen LogP contribution in [0.25, 0.3) is 10.9 Å². The molecular weight excluding hydrogens is 322 g/mol. The monoisotopic (exact) mass is 333 g/mol. The third-order valence-electron chi connectivity index (χ3n) is 3.14. The molecule has 0 radical (unpaired) electrons. The molecule has 0 saturated carbocycles. The highest BCUT2D eigenvalue weighted by atomic mass is 35.5. The van der Waals surface area contributed by atoms with Gasteiger partial charge in [0.1, 0.15) is 10.0 Å². The van der Waals surface area contributed by atoms with E-state index in [0.717, 1.165) is 5.39 Å². The van der Waals surface area contributed by atoms with E-state index in [1.54, 1.807) is 36.4 Å². The Morgan fingerprint density at radius 2 is 1.77 bits per heavy atom. The molecule has 1 aromatic heterocycles. The van der Waals surface area contributed by atoms with E-state index < -0.39 is 10.0 Å². The average Bonchev–Trinajstić information content (AvgIpc) is 2.48. The van der Waals surface area contributed by atoms with E-state index >= 15 is 0 Å². The molecule has 0 atom stereocenters. The maximum Gasteiger partial charge on any atom is 0.264 e. The first-order valence-electron chi connectivity index (χ1n) is 6.40. The SMILES string of the molecule is Nc1ccccc1S(=O)(=O)Nc1cccc2ccc(Cl)nc12. The summed E-state index contributed by atoms with van der Waals surface area (Å²) in [5, 5.41) is 1.07. The number of para-hydroxylation sites is 2. The molecule has 3 N–H and O–H groups in total. The Bertz CT molecular complexity index is 958. The van der Waals surface area contributed by atoms with Crippen molar-refractivity contribution < 1.29 is 8.42 Å². The van der Waals surface area contributed by atoms with Gasteiger partial charge in [0.15, 0.2) is 0 Å². The molecule has 2 aromatic carbocycles. The lowest BCUT2D eigenvalue weighted by Gasteiger charge is -2.11. The molecule has 112 valence electrons. The maximum atomic E-state index is 12.5. The van der Waals surface area contributed by atoms with Gasteiger partial charge in [-0.1, -0.05) is 35.9 Å². The smallest absolute Gasteiger partial charge is 0.264 e. The molecule has 0 unspecified atom stereocenters. The van der Waals surface area contributed by atoms with Gasteiger partial charge in [-0.2, -0.15) is 0 Å². The number of nitrogens with one attached hydrogen (secondary N) is 1. The average molecular weight is 334 g/mol. The number of nitrogens with two attached hydrogens (primary N) is 1. The van der Waals surface area contributed by atoms with Crippen LogP contribution < -0.4 is 10.5 Å². The van der Waals surface area contributed by atoms with E-state index in [2.05, 4.69) is 9.71 Å². The Labute approximate surface area is 132 Å². The molecule has 7 heteroatoms. The Morgan fingerprint density at radius 3 is 2.55 bits per heavy atom. The Balaban J connectivity index is 2.10. The molecule has 22 heavy (non-hydrogen) atoms. The molecule has 0 aliphatic rings. The van der Waals surface area contributed by atoms with Crippen molar-refractivity contribution >= 4 is 43.9 Å². The Morgan fingerprint density at radius 1 is 1.00 bits per heavy atom. The van der Waals surface area contributed by atoms with Crippen LogP contribution in [0.3, 0.4) is 0 Å². The number of halogens is 1. The van der Waals surface area contributed by atoms with E-state index in [1.807, 2.05) is 6.07 Å². The zero-order chi connectivity index (χ0) is 15.7. The van der Waals surface area contributed by atoms with Crippen molar-refractivity contribution in [3.8, 4) is 0 Å². The standard InChI is InChI=1S/C15H12ClN3O2S/c16-14-9-8-10-4-3-6-12(15(10)18-14)19-22(20,21)13-7-2-1-5-11(13)17/h1-9,19H,17H2. The highest BCUT2D eigenvalue weighted by Crippen LogP contribution is 2.27. The van der Waals surface area contributed by atoms with Gasteiger partial charge in [0.05, 0.1) is 16.9 Å². The van der Waals surface area contributed by atoms with Gasteiger partial charge in [0, 0.05) is 5.39 Å². The van der Waals surface area contributed by atoms with E-state index in [-0.39, 0.29) is 10.6 Å². The molecule has 3 rings (SSSR count). The lowest BCUT2D eigenvalue weighted by atomic mass is 10.2. The van der Waals surface area contributed by atoms with Crippen molar-refractivity contribution in [3.63, 3.8) is 0 Å². The summed E-state index contributed by atoms with van der Waals surface area (Å²) in [6, 6.07) is 14.9. The summed E-state index contributed by atoms with van der Waals surface area (Å²) >= 11 is 5.90. The van der Waals surface area contributed by atoms with Gasteiger partial charge in [-0.25, -0.2) is 13.4 Å². The first kappa shape index (κ1) is 14.6. The van der Waals surface area contributed by atoms with E-state index in [9.17, 15) is 8.42 Å². The third kappa shape index (κ3) is 2.70. The van der Waals surface area contributed by atoms with Crippen molar-refractivity contribution in [1.82, 2.24) is 4.98 Å². The van der Waals surface area contributed by atoms with Gasteiger partial charge in [0.25, 0.3) is 10.0 Å². The first-order chi connectivity index (χ1) is 10.5. The summed E-state index contributed by atoms with van der Waals surface area (Å²) < 4.78 is 27.5. The first-order valence-corrected chi connectivity index (χ1v) is 8.26. The zero-order valence-electron chi connectivity index (χ0n) is 11.3. The van der Waals surface area contributed by atoms with Crippen LogP contribution in [0.1, 0.15) is 0 Å². The third-order valence-corrected chi connectivity index (χ3v) is 4.79. The van der Waals surface area contributed by atoms with Crippen molar-refractivity contribution in [2.45, 2.75) is 4.90 Å². The minimum absolute atomic E-state index is 0.0223. The predicted molar refractivity (Wildman–Crippen MR) is 88.4 cm³/mol. The van der Waals surface area contributed by atoms with Gasteiger partial charge in [-0.05, 0) is 30.3 Å². The number of hydrogen-bond donors (Lipinski definition) is 2. The predicted octanol–water partition coefficient (Wildman–Crippen LogP) is 3.27. The number of fused-ring (bicyclic) bond motifs is 1. The molecule has 1 heterocycles. The highest BCUT2D eigenvalue weighted by Gasteiger charge is 2.18. The molecule has 5 nitrogen and oxygen atoms in total. The number of nitrogen functional groups attached to an aromatic ring is 1. The van der Waals surface area contributed by atoms with Crippen LogP contribution in [0.5, 0.6) is 0 Å². The van der Waals surface area contributed by atoms with Crippen LogP contribution in [0.2, 0.25) is 5.15 Å². The molecule has 0 amide bonds. The van der Waals surface area contributed by atoms with Crippen LogP contribution >= 0.6 is 11.6 Å². The molecule has 0 fully saturated rings. The summed E-state index contributed by atoms with van der Waals surface area (Å²) in [6.07, 6.45) is 0. The van der Waals surface area contributed by atoms with Crippen molar-refractivity contribution in [1.29, 1.82) is 0 Å². The number of anilines is 2. The minimum atomic E-state index is -3.81. The fraction of sp³-hybridized carbons (Fsp3) is 0. The quantitative estimate of drug-likeness (QED) is 0.569. The highest BCUT2D eigenvalue weighted by molar-refractivity contribution is 7.93. The molecule has 0 spiro atoms. The van der Waals surface area contributed by atoms with Gasteiger partial charge in [-0.3, -0.25) is 4.72 Å². The van der Waals surface area contributed by atoms with Gasteiger partial charge < -0.3 is 5.73 Å². The fourth-order valence-corrected chi connectivity index (χ4v) is 3.48. The van der Waals surface area contributed by atoms with Crippen LogP contribution in [-0.4, -0.2) is 13.4 Å². The lowest BCUT2D eigenvalue weighted by Crippen LogP contribution is -2.15. The normalized spacial score (nSPS) is 11.5. The van der Waals surface area contributed by atoms with Gasteiger partial charge >= 0.3 is 0 Å². The van der Waals surface area contributed by atoms with Crippen molar-refractivity contribution in [2.75, 3.05) is 10.5 Å². The summed E-state index contributed by atoms with van der Waals surface area (Å²) in [5.41, 5.74) is 6.75. The maximum absolute atomic E-state index is 12.5. The minimum Gasteiger partial charge on any atom is -0.398 e. The number of pyridine rings is 1. The summed E-state index contributed by atoms with van der Waals surface area (Å²) in [4.78, 5) is 4.21. The Kier molecular flexibility index (Phi) is 3.64. The van der Waals surface area contributed by atoms with Crippen LogP contribution in [-0.2, 0) is 10.0 Å². The molecule has 0 bridgehead atoms. The second-order valence-electron chi connectivity index (χ2n) is 4.65. The molecule has 0 aliphatic heterocycles. The topological polar surface area (TPSA) is 85.1 Å². The Hall–Kier alpha value is -2.31. The number of aromatic nitrogens is 1. The number of sulfonamides is 1. The van der Waals surface area contributed by atoms with Crippen molar-refractivity contribution in [3.05, 3.63) is 59.8 Å². The summed E-state index contributed by atoms with van der Waals surface area (Å²) in [7, 11) is -3.81. The van der Waals surface area contributed by atoms with E-state index in [4.69, 9.17) is 17.3 Å². The molecule has 0 aliphatic carbocycles. The van der Waals surface area contributed by atoms with Crippen LogP contribution in [0.15, 0.2) is 59.5 Å². The lowest BCUT2D eigenvalue weighted by molar-refractivity contribution is 0.601. The summed E-state index contributed by atoms with van der Waals surface area (Å²) in [6.45, 7) is 0. The second kappa shape index (κ2) is 5.47. The van der Waals surface area contributed by atoms with Crippen molar-refractivity contribution in [2.24, 2.45) is 0 Å². The molecule has 3 aromatic rings.